The Morgan fingerprint density at radius 3 is 1.75 bits per heavy atom. The van der Waals surface area contributed by atoms with Crippen LogP contribution < -0.4 is 0 Å². The quantitative estimate of drug-likeness (QED) is 0.502. The molecule has 0 nitrogen and oxygen atoms in total. The number of hydrogen-bond acceptors (Lipinski definition) is 0. The smallest absolute Gasteiger partial charge is 0.0414 e. The van der Waals surface area contributed by atoms with Gasteiger partial charge in [0.2, 0.25) is 0 Å². The Morgan fingerprint density at radius 1 is 0.917 bits per heavy atom. The van der Waals surface area contributed by atoms with Gasteiger partial charge in [-0.2, -0.15) is 0 Å². The van der Waals surface area contributed by atoms with Crippen molar-refractivity contribution in [2.75, 3.05) is 0 Å². The molecule has 0 heterocycles. The zero-order chi connectivity index (χ0) is 9.56. The molecule has 0 heteroatoms. The minimum Gasteiger partial charge on any atom is -0.0656 e. The fourth-order valence-electron chi connectivity index (χ4n) is 1.82. The first-order chi connectivity index (χ1) is 5.61. The fourth-order valence-corrected chi connectivity index (χ4v) is 1.82. The highest BCUT2D eigenvalue weighted by Gasteiger charge is 2.20. The van der Waals surface area contributed by atoms with Gasteiger partial charge in [0, 0.05) is 0 Å². The van der Waals surface area contributed by atoms with Crippen LogP contribution in [0.5, 0.6) is 0 Å². The molecule has 0 spiro atoms. The van der Waals surface area contributed by atoms with Gasteiger partial charge in [-0.3, -0.25) is 0 Å². The van der Waals surface area contributed by atoms with Gasteiger partial charge in [-0.15, -0.1) is 0 Å². The molecule has 74 valence electrons. The van der Waals surface area contributed by atoms with Gasteiger partial charge >= 0.3 is 0 Å². The van der Waals surface area contributed by atoms with Crippen molar-refractivity contribution in [2.45, 2.75) is 60.3 Å². The summed E-state index contributed by atoms with van der Waals surface area (Å²) in [7, 11) is 0. The molecule has 0 aromatic heterocycles. The molecule has 12 heavy (non-hydrogen) atoms. The van der Waals surface area contributed by atoms with Crippen LogP contribution in [0.4, 0.5) is 0 Å². The summed E-state index contributed by atoms with van der Waals surface area (Å²) in [4.78, 5) is 0. The van der Waals surface area contributed by atoms with Crippen LogP contribution in [0, 0.1) is 17.8 Å². The van der Waals surface area contributed by atoms with E-state index in [1.807, 2.05) is 0 Å². The summed E-state index contributed by atoms with van der Waals surface area (Å²) >= 11 is 0. The summed E-state index contributed by atoms with van der Waals surface area (Å²) in [6, 6.07) is 0. The summed E-state index contributed by atoms with van der Waals surface area (Å²) in [5.41, 5.74) is 0. The van der Waals surface area contributed by atoms with E-state index < -0.39 is 0 Å². The van der Waals surface area contributed by atoms with Gasteiger partial charge in [0.05, 0.1) is 0 Å². The van der Waals surface area contributed by atoms with Gasteiger partial charge < -0.3 is 0 Å². The summed E-state index contributed by atoms with van der Waals surface area (Å²) in [6.07, 6.45) is 5.63. The predicted molar refractivity (Wildman–Crippen MR) is 57.3 cm³/mol. The van der Waals surface area contributed by atoms with E-state index in [0.29, 0.717) is 0 Å². The molecule has 0 radical (unpaired) electrons. The lowest BCUT2D eigenvalue weighted by molar-refractivity contribution is 0.220. The van der Waals surface area contributed by atoms with Crippen LogP contribution in [-0.4, -0.2) is 0 Å². The van der Waals surface area contributed by atoms with Crippen LogP contribution in [0.2, 0.25) is 0 Å². The van der Waals surface area contributed by atoms with Crippen molar-refractivity contribution in [2.24, 2.45) is 17.8 Å². The molecule has 0 bridgehead atoms. The molecule has 0 aromatic rings. The third kappa shape index (κ3) is 4.79. The SMILES string of the molecule is CC1CCC(C)C(C)C1.CCC. The highest BCUT2D eigenvalue weighted by Crippen LogP contribution is 2.32. The molecular formula is C12H26. The van der Waals surface area contributed by atoms with Crippen molar-refractivity contribution in [1.82, 2.24) is 0 Å². The Morgan fingerprint density at radius 2 is 1.42 bits per heavy atom. The van der Waals surface area contributed by atoms with Crippen LogP contribution >= 0.6 is 0 Å². The standard InChI is InChI=1S/C9H18.C3H8/c1-7-4-5-8(2)9(3)6-7;1-3-2/h7-9H,4-6H2,1-3H3;3H2,1-2H3. The number of hydrogen-bond donors (Lipinski definition) is 0. The van der Waals surface area contributed by atoms with E-state index in [1.54, 1.807) is 0 Å². The molecule has 3 atom stereocenters. The van der Waals surface area contributed by atoms with Crippen molar-refractivity contribution in [3.8, 4) is 0 Å². The zero-order valence-electron chi connectivity index (χ0n) is 9.56. The lowest BCUT2D eigenvalue weighted by Gasteiger charge is -2.29. The molecule has 0 N–H and O–H groups in total. The average molecular weight is 170 g/mol. The molecule has 1 aliphatic rings. The summed E-state index contributed by atoms with van der Waals surface area (Å²) in [6.45, 7) is 11.4. The first kappa shape index (κ1) is 12.0. The normalized spacial score (nSPS) is 35.2. The largest absolute Gasteiger partial charge is 0.0656 e. The van der Waals surface area contributed by atoms with E-state index in [-0.39, 0.29) is 0 Å². The Hall–Kier alpha value is 0. The Kier molecular flexibility index (Phi) is 6.51. The van der Waals surface area contributed by atoms with Crippen LogP contribution in [0.3, 0.4) is 0 Å². The second-order valence-electron chi connectivity index (χ2n) is 4.58. The van der Waals surface area contributed by atoms with E-state index in [4.69, 9.17) is 0 Å². The minimum absolute atomic E-state index is 0.980. The summed E-state index contributed by atoms with van der Waals surface area (Å²) in [5, 5.41) is 0. The maximum atomic E-state index is 2.39. The predicted octanol–water partition coefficient (Wildman–Crippen LogP) is 4.49. The second-order valence-corrected chi connectivity index (χ2v) is 4.58. The Labute approximate surface area is 78.8 Å². The van der Waals surface area contributed by atoms with Crippen LogP contribution in [0.1, 0.15) is 60.3 Å². The highest BCUT2D eigenvalue weighted by atomic mass is 14.3. The lowest BCUT2D eigenvalue weighted by atomic mass is 9.77. The molecule has 1 rings (SSSR count). The van der Waals surface area contributed by atoms with Gasteiger partial charge in [0.25, 0.3) is 0 Å². The van der Waals surface area contributed by atoms with Crippen LogP contribution in [-0.2, 0) is 0 Å². The molecule has 0 aliphatic heterocycles. The molecule has 3 unspecified atom stereocenters. The van der Waals surface area contributed by atoms with E-state index in [0.717, 1.165) is 17.8 Å². The van der Waals surface area contributed by atoms with Crippen molar-refractivity contribution in [3.63, 3.8) is 0 Å². The third-order valence-corrected chi connectivity index (χ3v) is 2.86. The minimum atomic E-state index is 0.980. The van der Waals surface area contributed by atoms with Crippen molar-refractivity contribution in [3.05, 3.63) is 0 Å². The second kappa shape index (κ2) is 6.51. The molecule has 0 amide bonds. The molecule has 0 saturated heterocycles. The third-order valence-electron chi connectivity index (χ3n) is 2.86. The zero-order valence-corrected chi connectivity index (χ0v) is 9.56. The summed E-state index contributed by atoms with van der Waals surface area (Å²) in [5.74, 6) is 2.96. The summed E-state index contributed by atoms with van der Waals surface area (Å²) < 4.78 is 0. The maximum Gasteiger partial charge on any atom is -0.0414 e. The van der Waals surface area contributed by atoms with Crippen molar-refractivity contribution < 1.29 is 0 Å². The van der Waals surface area contributed by atoms with Gasteiger partial charge in [0.15, 0.2) is 0 Å². The molecule has 1 aliphatic carbocycles. The van der Waals surface area contributed by atoms with E-state index in [1.165, 1.54) is 25.7 Å². The van der Waals surface area contributed by atoms with E-state index in [2.05, 4.69) is 34.6 Å². The Balaban J connectivity index is 0.000000354. The first-order valence-corrected chi connectivity index (χ1v) is 5.61. The topological polar surface area (TPSA) is 0 Å². The maximum absolute atomic E-state index is 2.39. The number of rotatable bonds is 0. The monoisotopic (exact) mass is 170 g/mol. The molecule has 1 saturated carbocycles. The fraction of sp³-hybridized carbons (Fsp3) is 1.00. The van der Waals surface area contributed by atoms with Gasteiger partial charge in [-0.25, -0.2) is 0 Å². The molecule has 0 aromatic carbocycles. The average Bonchev–Trinajstić information content (AvgIpc) is 1.99. The highest BCUT2D eigenvalue weighted by molar-refractivity contribution is 4.72. The van der Waals surface area contributed by atoms with Gasteiger partial charge in [-0.1, -0.05) is 53.9 Å². The lowest BCUT2D eigenvalue weighted by Crippen LogP contribution is -2.18. The van der Waals surface area contributed by atoms with Gasteiger partial charge in [0.1, 0.15) is 0 Å². The van der Waals surface area contributed by atoms with Gasteiger partial charge in [-0.05, 0) is 24.2 Å². The first-order valence-electron chi connectivity index (χ1n) is 5.61. The Bertz CT molecular complexity index is 96.2. The molecular weight excluding hydrogens is 144 g/mol. The van der Waals surface area contributed by atoms with Crippen molar-refractivity contribution in [1.29, 1.82) is 0 Å². The van der Waals surface area contributed by atoms with E-state index in [9.17, 15) is 0 Å². The van der Waals surface area contributed by atoms with Crippen molar-refractivity contribution >= 4 is 0 Å². The molecule has 1 fully saturated rings. The van der Waals surface area contributed by atoms with Crippen LogP contribution in [0.25, 0.3) is 0 Å². The van der Waals surface area contributed by atoms with E-state index >= 15 is 0 Å². The van der Waals surface area contributed by atoms with Crippen LogP contribution in [0.15, 0.2) is 0 Å².